The third kappa shape index (κ3) is 3.51. The Morgan fingerprint density at radius 1 is 1.00 bits per heavy atom. The number of amides is 1. The third-order valence-corrected chi connectivity index (χ3v) is 4.85. The molecule has 0 radical (unpaired) electrons. The monoisotopic (exact) mass is 412 g/mol. The van der Waals surface area contributed by atoms with Crippen molar-refractivity contribution in [3.05, 3.63) is 103 Å². The molecule has 8 heteroatoms. The standard InChI is InChI=1S/C23H17FN6O/c24-19-8-1-2-9-21(19)30-23(29-12-3-4-13-29)18(15-26-30)22(31)27-17-7-5-6-16(14-17)20-10-11-25-28-20/h1-15H,(H,25,28)(H,27,31). The van der Waals surface area contributed by atoms with Crippen molar-refractivity contribution >= 4 is 11.6 Å². The van der Waals surface area contributed by atoms with E-state index in [4.69, 9.17) is 0 Å². The second-order valence-electron chi connectivity index (χ2n) is 6.84. The van der Waals surface area contributed by atoms with Crippen LogP contribution in [0, 0.1) is 5.82 Å². The van der Waals surface area contributed by atoms with E-state index in [1.165, 1.54) is 16.9 Å². The van der Waals surface area contributed by atoms with Gasteiger partial charge in [0.05, 0.1) is 11.9 Å². The van der Waals surface area contributed by atoms with Gasteiger partial charge in [0, 0.05) is 29.8 Å². The van der Waals surface area contributed by atoms with Crippen molar-refractivity contribution in [1.82, 2.24) is 24.5 Å². The molecule has 5 aromatic rings. The van der Waals surface area contributed by atoms with Crippen molar-refractivity contribution in [1.29, 1.82) is 0 Å². The Labute approximate surface area is 176 Å². The van der Waals surface area contributed by atoms with Gasteiger partial charge in [-0.05, 0) is 42.5 Å². The maximum absolute atomic E-state index is 14.5. The lowest BCUT2D eigenvalue weighted by Gasteiger charge is -2.12. The fraction of sp³-hybridized carbons (Fsp3) is 0. The van der Waals surface area contributed by atoms with Crippen LogP contribution in [0.25, 0.3) is 22.8 Å². The Kier molecular flexibility index (Phi) is 4.64. The number of H-pyrrole nitrogens is 1. The number of hydrogen-bond acceptors (Lipinski definition) is 3. The maximum Gasteiger partial charge on any atom is 0.261 e. The molecule has 0 aliphatic rings. The molecule has 7 nitrogen and oxygen atoms in total. The van der Waals surface area contributed by atoms with Gasteiger partial charge >= 0.3 is 0 Å². The van der Waals surface area contributed by atoms with Crippen molar-refractivity contribution in [3.63, 3.8) is 0 Å². The lowest BCUT2D eigenvalue weighted by atomic mass is 10.1. The van der Waals surface area contributed by atoms with Gasteiger partial charge in [-0.1, -0.05) is 24.3 Å². The summed E-state index contributed by atoms with van der Waals surface area (Å²) in [7, 11) is 0. The van der Waals surface area contributed by atoms with Crippen LogP contribution in [0.1, 0.15) is 10.4 Å². The first kappa shape index (κ1) is 18.6. The number of aromatic nitrogens is 5. The maximum atomic E-state index is 14.5. The molecule has 31 heavy (non-hydrogen) atoms. The predicted octanol–water partition coefficient (Wildman–Crippen LogP) is 4.44. The molecule has 0 bridgehead atoms. The molecular formula is C23H17FN6O. The Hall–Kier alpha value is -4.46. The van der Waals surface area contributed by atoms with Crippen LogP contribution in [0.2, 0.25) is 0 Å². The van der Waals surface area contributed by atoms with Gasteiger partial charge in [0.15, 0.2) is 5.82 Å². The van der Waals surface area contributed by atoms with E-state index in [0.29, 0.717) is 17.1 Å². The summed E-state index contributed by atoms with van der Waals surface area (Å²) in [6, 6.07) is 19.2. The Balaban J connectivity index is 1.53. The normalized spacial score (nSPS) is 10.9. The fourth-order valence-electron chi connectivity index (χ4n) is 3.41. The number of para-hydroxylation sites is 1. The molecule has 3 aromatic heterocycles. The first-order valence-electron chi connectivity index (χ1n) is 9.58. The van der Waals surface area contributed by atoms with Gasteiger partial charge < -0.3 is 9.88 Å². The molecule has 0 aliphatic heterocycles. The number of anilines is 1. The summed E-state index contributed by atoms with van der Waals surface area (Å²) < 4.78 is 17.6. The highest BCUT2D eigenvalue weighted by atomic mass is 19.1. The van der Waals surface area contributed by atoms with Crippen LogP contribution in [0.15, 0.2) is 91.5 Å². The average molecular weight is 412 g/mol. The Morgan fingerprint density at radius 2 is 1.84 bits per heavy atom. The van der Waals surface area contributed by atoms with Crippen LogP contribution >= 0.6 is 0 Å². The SMILES string of the molecule is O=C(Nc1cccc(-c2ccn[nH]2)c1)c1cnn(-c2ccccc2F)c1-n1cccc1. The number of nitrogens with one attached hydrogen (secondary N) is 2. The molecule has 1 amide bonds. The van der Waals surface area contributed by atoms with Gasteiger partial charge in [0.25, 0.3) is 5.91 Å². The van der Waals surface area contributed by atoms with E-state index in [9.17, 15) is 9.18 Å². The number of carbonyl (C=O) groups is 1. The molecule has 152 valence electrons. The Bertz CT molecular complexity index is 1340. The molecule has 0 unspecified atom stereocenters. The quantitative estimate of drug-likeness (QED) is 0.448. The lowest BCUT2D eigenvalue weighted by Crippen LogP contribution is -2.15. The summed E-state index contributed by atoms with van der Waals surface area (Å²) >= 11 is 0. The van der Waals surface area contributed by atoms with Gasteiger partial charge in [-0.2, -0.15) is 10.2 Å². The van der Waals surface area contributed by atoms with Crippen molar-refractivity contribution < 1.29 is 9.18 Å². The molecule has 0 aliphatic carbocycles. The molecule has 2 aromatic carbocycles. The number of rotatable bonds is 5. The number of aromatic amines is 1. The van der Waals surface area contributed by atoms with Crippen LogP contribution in [-0.2, 0) is 0 Å². The van der Waals surface area contributed by atoms with Crippen molar-refractivity contribution in [2.24, 2.45) is 0 Å². The van der Waals surface area contributed by atoms with E-state index in [1.54, 1.807) is 47.4 Å². The highest BCUT2D eigenvalue weighted by Crippen LogP contribution is 2.24. The number of carbonyl (C=O) groups excluding carboxylic acids is 1. The van der Waals surface area contributed by atoms with Crippen LogP contribution in [0.4, 0.5) is 10.1 Å². The van der Waals surface area contributed by atoms with Gasteiger partial charge in [-0.3, -0.25) is 9.89 Å². The van der Waals surface area contributed by atoms with E-state index in [2.05, 4.69) is 20.6 Å². The zero-order chi connectivity index (χ0) is 21.2. The number of hydrogen-bond donors (Lipinski definition) is 2. The smallest absolute Gasteiger partial charge is 0.261 e. The minimum atomic E-state index is -0.432. The van der Waals surface area contributed by atoms with Crippen LogP contribution in [0.5, 0.6) is 0 Å². The van der Waals surface area contributed by atoms with E-state index < -0.39 is 5.82 Å². The van der Waals surface area contributed by atoms with Crippen LogP contribution < -0.4 is 5.32 Å². The van der Waals surface area contributed by atoms with E-state index in [0.717, 1.165) is 11.3 Å². The summed E-state index contributed by atoms with van der Waals surface area (Å²) in [4.78, 5) is 13.2. The number of nitrogens with zero attached hydrogens (tertiary/aromatic N) is 4. The van der Waals surface area contributed by atoms with Gasteiger partial charge in [0.2, 0.25) is 0 Å². The fourth-order valence-corrected chi connectivity index (χ4v) is 3.41. The summed E-state index contributed by atoms with van der Waals surface area (Å²) in [6.45, 7) is 0. The molecule has 0 saturated heterocycles. The zero-order valence-electron chi connectivity index (χ0n) is 16.2. The largest absolute Gasteiger partial charge is 0.322 e. The Morgan fingerprint density at radius 3 is 2.61 bits per heavy atom. The summed E-state index contributed by atoms with van der Waals surface area (Å²) in [6.07, 6.45) is 6.67. The molecule has 0 saturated carbocycles. The number of halogens is 1. The van der Waals surface area contributed by atoms with E-state index in [1.807, 2.05) is 36.4 Å². The van der Waals surface area contributed by atoms with Crippen molar-refractivity contribution in [2.75, 3.05) is 5.32 Å². The minimum absolute atomic E-state index is 0.256. The molecule has 3 heterocycles. The second-order valence-corrected chi connectivity index (χ2v) is 6.84. The van der Waals surface area contributed by atoms with Crippen LogP contribution in [0.3, 0.4) is 0 Å². The molecule has 2 N–H and O–H groups in total. The topological polar surface area (TPSA) is 80.5 Å². The molecule has 5 rings (SSSR count). The molecule has 0 atom stereocenters. The predicted molar refractivity (Wildman–Crippen MR) is 115 cm³/mol. The summed E-state index contributed by atoms with van der Waals surface area (Å²) in [5.74, 6) is -0.344. The van der Waals surface area contributed by atoms with Crippen molar-refractivity contribution in [3.8, 4) is 22.8 Å². The van der Waals surface area contributed by atoms with E-state index in [-0.39, 0.29) is 11.6 Å². The first-order chi connectivity index (χ1) is 15.2. The average Bonchev–Trinajstić information content (AvgIpc) is 3.55. The van der Waals surface area contributed by atoms with Crippen molar-refractivity contribution in [2.45, 2.75) is 0 Å². The minimum Gasteiger partial charge on any atom is -0.322 e. The second kappa shape index (κ2) is 7.75. The van der Waals surface area contributed by atoms with Gasteiger partial charge in [-0.25, -0.2) is 9.07 Å². The molecular weight excluding hydrogens is 395 g/mol. The highest BCUT2D eigenvalue weighted by Gasteiger charge is 2.21. The number of benzene rings is 2. The molecule has 0 spiro atoms. The third-order valence-electron chi connectivity index (χ3n) is 4.85. The summed E-state index contributed by atoms with van der Waals surface area (Å²) in [5, 5.41) is 14.1. The van der Waals surface area contributed by atoms with Gasteiger partial charge in [-0.15, -0.1) is 0 Å². The van der Waals surface area contributed by atoms with E-state index >= 15 is 0 Å². The molecule has 0 fully saturated rings. The van der Waals surface area contributed by atoms with Crippen LogP contribution in [-0.4, -0.2) is 30.5 Å². The summed E-state index contributed by atoms with van der Waals surface area (Å²) in [5.41, 5.74) is 2.92. The van der Waals surface area contributed by atoms with Gasteiger partial charge in [0.1, 0.15) is 17.1 Å². The zero-order valence-corrected chi connectivity index (χ0v) is 16.2. The lowest BCUT2D eigenvalue weighted by molar-refractivity contribution is 0.102. The highest BCUT2D eigenvalue weighted by molar-refractivity contribution is 6.06. The first-order valence-corrected chi connectivity index (χ1v) is 9.58.